The van der Waals surface area contributed by atoms with Crippen LogP contribution in [-0.2, 0) is 0 Å². The molecule has 0 aromatic carbocycles. The number of β-amino-alcohol motifs (C(OH)–C–C–N with tert-alkyl or cyclic N) is 1. The molecule has 2 heterocycles. The van der Waals surface area contributed by atoms with Crippen molar-refractivity contribution in [2.45, 2.75) is 18.9 Å². The molecule has 14 heavy (non-hydrogen) atoms. The van der Waals surface area contributed by atoms with Crippen LogP contribution in [0.4, 0.5) is 10.3 Å². The molecule has 4 nitrogen and oxygen atoms in total. The van der Waals surface area contributed by atoms with Crippen LogP contribution in [0, 0.1) is 5.82 Å². The number of nitrogens with zero attached hydrogens (tertiary/aromatic N) is 3. The summed E-state index contributed by atoms with van der Waals surface area (Å²) in [4.78, 5) is 9.48. The molecule has 0 unspecified atom stereocenters. The summed E-state index contributed by atoms with van der Waals surface area (Å²) < 4.78 is 12.5. The highest BCUT2D eigenvalue weighted by Crippen LogP contribution is 2.26. The monoisotopic (exact) mass is 197 g/mol. The van der Waals surface area contributed by atoms with Gasteiger partial charge in [-0.25, -0.2) is 14.4 Å². The molecule has 1 aromatic heterocycles. The van der Waals surface area contributed by atoms with Crippen molar-refractivity contribution in [1.82, 2.24) is 9.97 Å². The summed E-state index contributed by atoms with van der Waals surface area (Å²) in [5, 5.41) is 9.73. The van der Waals surface area contributed by atoms with E-state index in [4.69, 9.17) is 0 Å². The lowest BCUT2D eigenvalue weighted by Crippen LogP contribution is -2.62. The maximum atomic E-state index is 12.5. The first kappa shape index (κ1) is 9.33. The predicted molar refractivity (Wildman–Crippen MR) is 49.4 cm³/mol. The van der Waals surface area contributed by atoms with E-state index in [0.717, 1.165) is 12.4 Å². The van der Waals surface area contributed by atoms with E-state index in [9.17, 15) is 9.50 Å². The van der Waals surface area contributed by atoms with Crippen LogP contribution in [0.15, 0.2) is 12.4 Å². The maximum absolute atomic E-state index is 12.5. The highest BCUT2D eigenvalue weighted by Gasteiger charge is 2.40. The van der Waals surface area contributed by atoms with E-state index in [1.807, 2.05) is 11.8 Å². The van der Waals surface area contributed by atoms with Crippen molar-refractivity contribution in [3.63, 3.8) is 0 Å². The Labute approximate surface area is 81.4 Å². The van der Waals surface area contributed by atoms with Crippen LogP contribution in [0.1, 0.15) is 13.3 Å². The van der Waals surface area contributed by atoms with Crippen molar-refractivity contribution in [3.05, 3.63) is 18.2 Å². The summed E-state index contributed by atoms with van der Waals surface area (Å²) in [7, 11) is 0. The Balaban J connectivity index is 2.03. The third-order valence-electron chi connectivity index (χ3n) is 2.52. The first-order chi connectivity index (χ1) is 6.63. The second kappa shape index (κ2) is 3.16. The minimum atomic E-state index is -0.613. The zero-order valence-corrected chi connectivity index (χ0v) is 7.94. The maximum Gasteiger partial charge on any atom is 0.225 e. The molecule has 0 amide bonds. The van der Waals surface area contributed by atoms with Crippen molar-refractivity contribution in [2.75, 3.05) is 18.0 Å². The number of hydrogen-bond donors (Lipinski definition) is 1. The lowest BCUT2D eigenvalue weighted by Gasteiger charge is -2.45. The number of anilines is 1. The van der Waals surface area contributed by atoms with Gasteiger partial charge in [-0.15, -0.1) is 0 Å². The van der Waals surface area contributed by atoms with E-state index in [1.54, 1.807) is 0 Å². The molecule has 0 aliphatic carbocycles. The fraction of sp³-hybridized carbons (Fsp3) is 0.556. The molecule has 76 valence electrons. The average Bonchev–Trinajstić information content (AvgIpc) is 2.15. The van der Waals surface area contributed by atoms with E-state index < -0.39 is 11.4 Å². The van der Waals surface area contributed by atoms with Gasteiger partial charge in [-0.1, -0.05) is 6.92 Å². The largest absolute Gasteiger partial charge is 0.386 e. The summed E-state index contributed by atoms with van der Waals surface area (Å²) >= 11 is 0. The van der Waals surface area contributed by atoms with Gasteiger partial charge < -0.3 is 10.0 Å². The van der Waals surface area contributed by atoms with Crippen molar-refractivity contribution in [2.24, 2.45) is 0 Å². The number of aliphatic hydroxyl groups is 1. The van der Waals surface area contributed by atoms with Gasteiger partial charge in [-0.3, -0.25) is 0 Å². The van der Waals surface area contributed by atoms with Crippen LogP contribution < -0.4 is 4.90 Å². The van der Waals surface area contributed by atoms with Crippen molar-refractivity contribution in [1.29, 1.82) is 0 Å². The molecular weight excluding hydrogens is 185 g/mol. The third kappa shape index (κ3) is 1.55. The molecule has 1 saturated heterocycles. The Morgan fingerprint density at radius 2 is 2.07 bits per heavy atom. The lowest BCUT2D eigenvalue weighted by molar-refractivity contribution is 0.00754. The first-order valence-electron chi connectivity index (χ1n) is 4.58. The third-order valence-corrected chi connectivity index (χ3v) is 2.52. The number of halogens is 1. The van der Waals surface area contributed by atoms with E-state index in [1.165, 1.54) is 0 Å². The second-order valence-electron chi connectivity index (χ2n) is 3.64. The standard InChI is InChI=1S/C9H12FN3O/c1-2-9(14)5-13(6-9)8-11-3-7(10)4-12-8/h3-4,14H,2,5-6H2,1H3. The highest BCUT2D eigenvalue weighted by atomic mass is 19.1. The minimum absolute atomic E-state index is 0.444. The Morgan fingerprint density at radius 1 is 1.50 bits per heavy atom. The zero-order chi connectivity index (χ0) is 10.2. The van der Waals surface area contributed by atoms with Crippen LogP contribution in [0.2, 0.25) is 0 Å². The van der Waals surface area contributed by atoms with Crippen LogP contribution in [0.3, 0.4) is 0 Å². The summed E-state index contributed by atoms with van der Waals surface area (Å²) in [5.74, 6) is 0.0320. The van der Waals surface area contributed by atoms with Gasteiger partial charge >= 0.3 is 0 Å². The summed E-state index contributed by atoms with van der Waals surface area (Å²) in [5.41, 5.74) is -0.613. The number of aromatic nitrogens is 2. The van der Waals surface area contributed by atoms with Crippen LogP contribution in [0.5, 0.6) is 0 Å². The number of hydrogen-bond acceptors (Lipinski definition) is 4. The van der Waals surface area contributed by atoms with Gasteiger partial charge in [0.15, 0.2) is 5.82 Å². The summed E-state index contributed by atoms with van der Waals surface area (Å²) in [6, 6.07) is 0. The molecule has 0 spiro atoms. The summed E-state index contributed by atoms with van der Waals surface area (Å²) in [6.07, 6.45) is 2.97. The first-order valence-corrected chi connectivity index (χ1v) is 4.58. The van der Waals surface area contributed by atoms with E-state index in [2.05, 4.69) is 9.97 Å². The van der Waals surface area contributed by atoms with Crippen LogP contribution in [0.25, 0.3) is 0 Å². The number of rotatable bonds is 2. The fourth-order valence-corrected chi connectivity index (χ4v) is 1.50. The van der Waals surface area contributed by atoms with Crippen LogP contribution in [-0.4, -0.2) is 33.8 Å². The van der Waals surface area contributed by atoms with Gasteiger partial charge in [0.2, 0.25) is 5.95 Å². The van der Waals surface area contributed by atoms with Crippen molar-refractivity contribution >= 4 is 5.95 Å². The fourth-order valence-electron chi connectivity index (χ4n) is 1.50. The van der Waals surface area contributed by atoms with Crippen molar-refractivity contribution < 1.29 is 9.50 Å². The zero-order valence-electron chi connectivity index (χ0n) is 7.94. The smallest absolute Gasteiger partial charge is 0.225 e. The van der Waals surface area contributed by atoms with Gasteiger partial charge in [0.25, 0.3) is 0 Å². The predicted octanol–water partition coefficient (Wildman–Crippen LogP) is 0.577. The molecule has 0 atom stereocenters. The van der Waals surface area contributed by atoms with Crippen LogP contribution >= 0.6 is 0 Å². The van der Waals surface area contributed by atoms with E-state index in [0.29, 0.717) is 25.5 Å². The van der Waals surface area contributed by atoms with Gasteiger partial charge in [0.1, 0.15) is 0 Å². The molecule has 1 aliphatic rings. The molecule has 1 N–H and O–H groups in total. The Hall–Kier alpha value is -1.23. The van der Waals surface area contributed by atoms with Crippen molar-refractivity contribution in [3.8, 4) is 0 Å². The molecule has 2 rings (SSSR count). The molecule has 0 saturated carbocycles. The molecular formula is C9H12FN3O. The van der Waals surface area contributed by atoms with Gasteiger partial charge in [0, 0.05) is 0 Å². The van der Waals surface area contributed by atoms with E-state index >= 15 is 0 Å². The Bertz CT molecular complexity index is 321. The topological polar surface area (TPSA) is 49.2 Å². The molecule has 1 aliphatic heterocycles. The summed E-state index contributed by atoms with van der Waals surface area (Å²) in [6.45, 7) is 2.98. The minimum Gasteiger partial charge on any atom is -0.386 e. The molecule has 0 radical (unpaired) electrons. The average molecular weight is 197 g/mol. The SMILES string of the molecule is CCC1(O)CN(c2ncc(F)cn2)C1. The second-order valence-corrected chi connectivity index (χ2v) is 3.64. The van der Waals surface area contributed by atoms with E-state index in [-0.39, 0.29) is 0 Å². The quantitative estimate of drug-likeness (QED) is 0.753. The van der Waals surface area contributed by atoms with Gasteiger partial charge in [-0.2, -0.15) is 0 Å². The normalized spacial score (nSPS) is 19.2. The van der Waals surface area contributed by atoms with Gasteiger partial charge in [0.05, 0.1) is 31.1 Å². The Kier molecular flexibility index (Phi) is 2.11. The lowest BCUT2D eigenvalue weighted by atomic mass is 9.92. The Morgan fingerprint density at radius 3 is 2.57 bits per heavy atom. The molecule has 0 bridgehead atoms. The highest BCUT2D eigenvalue weighted by molar-refractivity contribution is 5.36. The molecule has 1 aromatic rings. The molecule has 5 heteroatoms. The molecule has 1 fully saturated rings. The van der Waals surface area contributed by atoms with Gasteiger partial charge in [-0.05, 0) is 6.42 Å².